The molecule has 2 aliphatic rings. The van der Waals surface area contributed by atoms with E-state index in [1.807, 2.05) is 0 Å². The molecule has 1 aromatic rings. The molecule has 2 fully saturated rings. The molecule has 17 heavy (non-hydrogen) atoms. The molecule has 1 unspecified atom stereocenters. The van der Waals surface area contributed by atoms with Crippen molar-refractivity contribution >= 4 is 5.95 Å². The highest BCUT2D eigenvalue weighted by Gasteiger charge is 2.31. The van der Waals surface area contributed by atoms with Crippen LogP contribution in [0, 0.1) is 5.92 Å². The first kappa shape index (κ1) is 11.0. The van der Waals surface area contributed by atoms with Crippen molar-refractivity contribution in [3.63, 3.8) is 0 Å². The maximum atomic E-state index is 5.90. The Bertz CT molecular complexity index is 376. The SMILES string of the molecule is CC(c1nc(N2CCC(N)CC2)n[nH]1)C1CC1. The van der Waals surface area contributed by atoms with Crippen LogP contribution in [0.25, 0.3) is 0 Å². The second kappa shape index (κ2) is 4.29. The van der Waals surface area contributed by atoms with Gasteiger partial charge < -0.3 is 10.6 Å². The van der Waals surface area contributed by atoms with Crippen LogP contribution < -0.4 is 10.6 Å². The Morgan fingerprint density at radius 3 is 2.65 bits per heavy atom. The maximum absolute atomic E-state index is 5.90. The number of aromatic amines is 1. The highest BCUT2D eigenvalue weighted by molar-refractivity contribution is 5.30. The van der Waals surface area contributed by atoms with E-state index in [2.05, 4.69) is 27.0 Å². The molecule has 0 spiro atoms. The van der Waals surface area contributed by atoms with Crippen LogP contribution in [0.1, 0.15) is 44.3 Å². The average Bonchev–Trinajstić information content (AvgIpc) is 3.07. The summed E-state index contributed by atoms with van der Waals surface area (Å²) in [7, 11) is 0. The standard InChI is InChI=1S/C12H21N5/c1-8(9-2-3-9)11-14-12(16-15-11)17-6-4-10(13)5-7-17/h8-10H,2-7,13H2,1H3,(H,14,15,16). The fourth-order valence-electron chi connectivity index (χ4n) is 2.53. The Hall–Kier alpha value is -1.10. The predicted octanol–water partition coefficient (Wildman–Crippen LogP) is 1.25. The highest BCUT2D eigenvalue weighted by atomic mass is 15.4. The van der Waals surface area contributed by atoms with Gasteiger partial charge in [-0.3, -0.25) is 5.10 Å². The van der Waals surface area contributed by atoms with Gasteiger partial charge in [-0.05, 0) is 31.6 Å². The number of piperidine rings is 1. The Morgan fingerprint density at radius 2 is 2.00 bits per heavy atom. The minimum absolute atomic E-state index is 0.357. The van der Waals surface area contributed by atoms with Crippen LogP contribution in [-0.4, -0.2) is 34.3 Å². The topological polar surface area (TPSA) is 70.8 Å². The summed E-state index contributed by atoms with van der Waals surface area (Å²) in [6.45, 7) is 4.21. The van der Waals surface area contributed by atoms with Crippen molar-refractivity contribution in [2.24, 2.45) is 11.7 Å². The largest absolute Gasteiger partial charge is 0.339 e. The molecule has 5 heteroatoms. The molecule has 3 rings (SSSR count). The van der Waals surface area contributed by atoms with E-state index in [9.17, 15) is 0 Å². The summed E-state index contributed by atoms with van der Waals surface area (Å²) in [6, 6.07) is 0.357. The van der Waals surface area contributed by atoms with Gasteiger partial charge in [-0.15, -0.1) is 5.10 Å². The predicted molar refractivity (Wildman–Crippen MR) is 66.9 cm³/mol. The molecule has 1 aliphatic heterocycles. The van der Waals surface area contributed by atoms with Gasteiger partial charge in [0.05, 0.1) is 0 Å². The number of hydrogen-bond acceptors (Lipinski definition) is 4. The van der Waals surface area contributed by atoms with Crippen molar-refractivity contribution in [2.75, 3.05) is 18.0 Å². The molecule has 1 atom stereocenters. The van der Waals surface area contributed by atoms with Crippen molar-refractivity contribution in [1.29, 1.82) is 0 Å². The summed E-state index contributed by atoms with van der Waals surface area (Å²) in [5.41, 5.74) is 5.90. The van der Waals surface area contributed by atoms with E-state index in [4.69, 9.17) is 5.73 Å². The zero-order valence-corrected chi connectivity index (χ0v) is 10.4. The van der Waals surface area contributed by atoms with Crippen LogP contribution in [0.15, 0.2) is 0 Å². The molecule has 5 nitrogen and oxygen atoms in total. The number of rotatable bonds is 3. The Labute approximate surface area is 102 Å². The zero-order chi connectivity index (χ0) is 11.8. The van der Waals surface area contributed by atoms with Crippen molar-refractivity contribution < 1.29 is 0 Å². The number of hydrogen-bond donors (Lipinski definition) is 2. The molecular weight excluding hydrogens is 214 g/mol. The maximum Gasteiger partial charge on any atom is 0.244 e. The fraction of sp³-hybridized carbons (Fsp3) is 0.833. The van der Waals surface area contributed by atoms with Crippen molar-refractivity contribution in [2.45, 2.75) is 44.6 Å². The fourth-order valence-corrected chi connectivity index (χ4v) is 2.53. The van der Waals surface area contributed by atoms with E-state index in [-0.39, 0.29) is 0 Å². The quantitative estimate of drug-likeness (QED) is 0.827. The van der Waals surface area contributed by atoms with Gasteiger partial charge in [0, 0.05) is 25.0 Å². The van der Waals surface area contributed by atoms with Crippen LogP contribution in [-0.2, 0) is 0 Å². The van der Waals surface area contributed by atoms with E-state index in [1.165, 1.54) is 12.8 Å². The lowest BCUT2D eigenvalue weighted by molar-refractivity contribution is 0.496. The second-order valence-electron chi connectivity index (χ2n) is 5.47. The Kier molecular flexibility index (Phi) is 2.78. The number of H-pyrrole nitrogens is 1. The van der Waals surface area contributed by atoms with E-state index >= 15 is 0 Å². The molecule has 0 aromatic carbocycles. The van der Waals surface area contributed by atoms with Crippen molar-refractivity contribution in [1.82, 2.24) is 15.2 Å². The lowest BCUT2D eigenvalue weighted by Gasteiger charge is -2.28. The number of anilines is 1. The third-order valence-corrected chi connectivity index (χ3v) is 4.07. The summed E-state index contributed by atoms with van der Waals surface area (Å²) in [5.74, 6) is 3.27. The lowest BCUT2D eigenvalue weighted by atomic mass is 10.1. The van der Waals surface area contributed by atoms with Crippen molar-refractivity contribution in [3.05, 3.63) is 5.82 Å². The number of aromatic nitrogens is 3. The van der Waals surface area contributed by atoms with Crippen molar-refractivity contribution in [3.8, 4) is 0 Å². The van der Waals surface area contributed by atoms with Crippen LogP contribution in [0.5, 0.6) is 0 Å². The molecule has 0 amide bonds. The summed E-state index contributed by atoms with van der Waals surface area (Å²) < 4.78 is 0. The minimum atomic E-state index is 0.357. The number of nitrogens with one attached hydrogen (secondary N) is 1. The molecule has 1 aromatic heterocycles. The van der Waals surface area contributed by atoms with E-state index in [0.717, 1.165) is 43.6 Å². The molecule has 1 saturated carbocycles. The van der Waals surface area contributed by atoms with Gasteiger partial charge in [0.15, 0.2) is 0 Å². The molecule has 2 heterocycles. The summed E-state index contributed by atoms with van der Waals surface area (Å²) in [4.78, 5) is 6.88. The lowest BCUT2D eigenvalue weighted by Crippen LogP contribution is -2.40. The molecule has 1 saturated heterocycles. The van der Waals surface area contributed by atoms with Gasteiger partial charge in [0.1, 0.15) is 5.82 Å². The molecule has 0 radical (unpaired) electrons. The van der Waals surface area contributed by atoms with Crippen LogP contribution in [0.3, 0.4) is 0 Å². The third kappa shape index (κ3) is 2.29. The van der Waals surface area contributed by atoms with Crippen LogP contribution in [0.2, 0.25) is 0 Å². The van der Waals surface area contributed by atoms with E-state index in [0.29, 0.717) is 12.0 Å². The van der Waals surface area contributed by atoms with Gasteiger partial charge in [0.25, 0.3) is 0 Å². The molecule has 3 N–H and O–H groups in total. The Morgan fingerprint density at radius 1 is 1.29 bits per heavy atom. The summed E-state index contributed by atoms with van der Waals surface area (Å²) in [6.07, 6.45) is 4.77. The molecule has 94 valence electrons. The normalized spacial score (nSPS) is 24.0. The Balaban J connectivity index is 1.67. The van der Waals surface area contributed by atoms with Crippen LogP contribution >= 0.6 is 0 Å². The first-order chi connectivity index (χ1) is 8.24. The minimum Gasteiger partial charge on any atom is -0.339 e. The van der Waals surface area contributed by atoms with E-state index in [1.54, 1.807) is 0 Å². The van der Waals surface area contributed by atoms with E-state index < -0.39 is 0 Å². The summed E-state index contributed by atoms with van der Waals surface area (Å²) >= 11 is 0. The monoisotopic (exact) mass is 235 g/mol. The highest BCUT2D eigenvalue weighted by Crippen LogP contribution is 2.41. The zero-order valence-electron chi connectivity index (χ0n) is 10.4. The van der Waals surface area contributed by atoms with Gasteiger partial charge in [-0.2, -0.15) is 4.98 Å². The second-order valence-corrected chi connectivity index (χ2v) is 5.47. The van der Waals surface area contributed by atoms with Crippen LogP contribution in [0.4, 0.5) is 5.95 Å². The third-order valence-electron chi connectivity index (χ3n) is 4.07. The first-order valence-electron chi connectivity index (χ1n) is 6.67. The first-order valence-corrected chi connectivity index (χ1v) is 6.67. The molecule has 1 aliphatic carbocycles. The smallest absolute Gasteiger partial charge is 0.244 e. The van der Waals surface area contributed by atoms with Gasteiger partial charge in [-0.1, -0.05) is 6.92 Å². The van der Waals surface area contributed by atoms with Gasteiger partial charge in [0.2, 0.25) is 5.95 Å². The van der Waals surface area contributed by atoms with Gasteiger partial charge in [-0.25, -0.2) is 0 Å². The average molecular weight is 235 g/mol. The molecular formula is C12H21N5. The number of nitrogens with two attached hydrogens (primary N) is 1. The molecule has 0 bridgehead atoms. The van der Waals surface area contributed by atoms with Gasteiger partial charge >= 0.3 is 0 Å². The number of nitrogens with zero attached hydrogens (tertiary/aromatic N) is 3. The summed E-state index contributed by atoms with van der Waals surface area (Å²) in [5, 5.41) is 7.45.